The number of halogens is 2. The largest absolute Gasteiger partial charge is 0.497 e. The highest BCUT2D eigenvalue weighted by atomic mass is 19.3. The Hall–Kier alpha value is -3.49. The van der Waals surface area contributed by atoms with Gasteiger partial charge in [0.1, 0.15) is 17.0 Å². The van der Waals surface area contributed by atoms with Gasteiger partial charge in [-0.25, -0.2) is 4.79 Å². The van der Waals surface area contributed by atoms with E-state index in [1.54, 1.807) is 31.2 Å². The first-order valence-corrected chi connectivity index (χ1v) is 8.23. The Bertz CT molecular complexity index is 900. The minimum atomic E-state index is -2.92. The zero-order chi connectivity index (χ0) is 20.3. The lowest BCUT2D eigenvalue weighted by Gasteiger charge is -2.21. The Morgan fingerprint density at radius 2 is 1.68 bits per heavy atom. The molecule has 0 radical (unpaired) electrons. The molecule has 7 nitrogen and oxygen atoms in total. The number of imide groups is 1. The lowest BCUT2D eigenvalue weighted by molar-refractivity contribution is -0.131. The number of methoxy groups -OCH3 is 1. The molecule has 9 heteroatoms. The molecule has 28 heavy (non-hydrogen) atoms. The average molecular weight is 389 g/mol. The van der Waals surface area contributed by atoms with Crippen molar-refractivity contribution in [2.24, 2.45) is 5.10 Å². The second-order valence-corrected chi connectivity index (χ2v) is 6.09. The number of hydrogen-bond donors (Lipinski definition) is 1. The molecule has 1 fully saturated rings. The highest BCUT2D eigenvalue weighted by Gasteiger charge is 2.49. The molecule has 0 unspecified atom stereocenters. The van der Waals surface area contributed by atoms with Crippen molar-refractivity contribution in [1.82, 2.24) is 10.3 Å². The van der Waals surface area contributed by atoms with E-state index in [1.165, 1.54) is 37.6 Å². The zero-order valence-electron chi connectivity index (χ0n) is 15.1. The minimum Gasteiger partial charge on any atom is -0.497 e. The van der Waals surface area contributed by atoms with Gasteiger partial charge < -0.3 is 14.8 Å². The molecule has 0 spiro atoms. The van der Waals surface area contributed by atoms with Gasteiger partial charge in [-0.15, -0.1) is 5.01 Å². The van der Waals surface area contributed by atoms with E-state index in [4.69, 9.17) is 4.74 Å². The molecule has 2 aromatic rings. The van der Waals surface area contributed by atoms with E-state index in [-0.39, 0.29) is 5.75 Å². The number of carbonyl (C=O) groups excluding carboxylic acids is 2. The lowest BCUT2D eigenvalue weighted by atomic mass is 9.92. The molecule has 0 bridgehead atoms. The van der Waals surface area contributed by atoms with Crippen LogP contribution in [0, 0.1) is 0 Å². The average Bonchev–Trinajstić information content (AvgIpc) is 2.90. The summed E-state index contributed by atoms with van der Waals surface area (Å²) < 4.78 is 33.7. The predicted molar refractivity (Wildman–Crippen MR) is 96.4 cm³/mol. The summed E-state index contributed by atoms with van der Waals surface area (Å²) in [5.74, 6) is 0.0732. The standard InChI is InChI=1S/C19H17F2N3O4/c1-19(13-5-9-14(27-2)10-6-13)16(25)24(18(26)23-19)22-11-12-3-7-15(8-4-12)28-17(20)21/h3-11,17H,1-2H3,(H,23,26)/b22-11-/t19-/m1/s1. The number of ether oxygens (including phenoxy) is 2. The molecular formula is C19H17F2N3O4. The molecule has 2 aromatic carbocycles. The van der Waals surface area contributed by atoms with Crippen LogP contribution in [-0.4, -0.2) is 36.9 Å². The molecule has 1 aliphatic heterocycles. The van der Waals surface area contributed by atoms with Gasteiger partial charge in [-0.3, -0.25) is 4.79 Å². The topological polar surface area (TPSA) is 80.2 Å². The molecule has 0 aliphatic carbocycles. The SMILES string of the molecule is COc1ccc([C@@]2(C)NC(=O)N(/N=C\c3ccc(OC(F)F)cc3)C2=O)cc1. The number of nitrogens with one attached hydrogen (secondary N) is 1. The third-order valence-corrected chi connectivity index (χ3v) is 4.26. The number of amides is 3. The van der Waals surface area contributed by atoms with Gasteiger partial charge in [-0.05, 0) is 54.4 Å². The quantitative estimate of drug-likeness (QED) is 0.608. The van der Waals surface area contributed by atoms with E-state index < -0.39 is 24.1 Å². The minimum absolute atomic E-state index is 0.00535. The van der Waals surface area contributed by atoms with Gasteiger partial charge in [0.25, 0.3) is 5.91 Å². The summed E-state index contributed by atoms with van der Waals surface area (Å²) in [7, 11) is 1.53. The van der Waals surface area contributed by atoms with Crippen LogP contribution < -0.4 is 14.8 Å². The maximum Gasteiger partial charge on any atom is 0.387 e. The Labute approximate surface area is 159 Å². The van der Waals surface area contributed by atoms with Crippen molar-refractivity contribution in [1.29, 1.82) is 0 Å². The summed E-state index contributed by atoms with van der Waals surface area (Å²) in [6, 6.07) is 11.7. The van der Waals surface area contributed by atoms with Gasteiger partial charge in [0.05, 0.1) is 13.3 Å². The third kappa shape index (κ3) is 3.78. The van der Waals surface area contributed by atoms with Gasteiger partial charge in [0.2, 0.25) is 0 Å². The van der Waals surface area contributed by atoms with Crippen LogP contribution in [0.5, 0.6) is 11.5 Å². The van der Waals surface area contributed by atoms with E-state index in [0.29, 0.717) is 16.9 Å². The Morgan fingerprint density at radius 1 is 1.07 bits per heavy atom. The fraction of sp³-hybridized carbons (Fsp3) is 0.211. The van der Waals surface area contributed by atoms with Gasteiger partial charge in [0.15, 0.2) is 0 Å². The Kier molecular flexibility index (Phi) is 5.25. The van der Waals surface area contributed by atoms with Crippen molar-refractivity contribution in [3.05, 3.63) is 59.7 Å². The predicted octanol–water partition coefficient (Wildman–Crippen LogP) is 3.10. The van der Waals surface area contributed by atoms with E-state index in [1.807, 2.05) is 0 Å². The first kappa shape index (κ1) is 19.3. The monoisotopic (exact) mass is 389 g/mol. The number of carbonyl (C=O) groups is 2. The highest BCUT2D eigenvalue weighted by molar-refractivity contribution is 6.07. The first-order chi connectivity index (χ1) is 13.3. The summed E-state index contributed by atoms with van der Waals surface area (Å²) in [6.45, 7) is -1.33. The molecule has 3 rings (SSSR count). The lowest BCUT2D eigenvalue weighted by Crippen LogP contribution is -2.40. The van der Waals surface area contributed by atoms with Crippen molar-refractivity contribution in [3.8, 4) is 11.5 Å². The van der Waals surface area contributed by atoms with Gasteiger partial charge in [0, 0.05) is 0 Å². The van der Waals surface area contributed by atoms with Crippen LogP contribution >= 0.6 is 0 Å². The van der Waals surface area contributed by atoms with Crippen molar-refractivity contribution in [3.63, 3.8) is 0 Å². The molecule has 0 saturated carbocycles. The molecule has 1 saturated heterocycles. The molecule has 1 atom stereocenters. The van der Waals surface area contributed by atoms with Crippen molar-refractivity contribution < 1.29 is 27.8 Å². The number of rotatable bonds is 6. The zero-order valence-corrected chi connectivity index (χ0v) is 15.1. The maximum absolute atomic E-state index is 12.8. The third-order valence-electron chi connectivity index (χ3n) is 4.26. The van der Waals surface area contributed by atoms with Crippen LogP contribution in [0.2, 0.25) is 0 Å². The summed E-state index contributed by atoms with van der Waals surface area (Å²) in [5.41, 5.74) is -0.187. The van der Waals surface area contributed by atoms with E-state index in [2.05, 4.69) is 15.2 Å². The van der Waals surface area contributed by atoms with Gasteiger partial charge in [-0.1, -0.05) is 12.1 Å². The van der Waals surface area contributed by atoms with E-state index in [0.717, 1.165) is 5.01 Å². The molecule has 1 heterocycles. The molecule has 146 valence electrons. The van der Waals surface area contributed by atoms with Crippen molar-refractivity contribution >= 4 is 18.2 Å². The summed E-state index contributed by atoms with van der Waals surface area (Å²) in [5, 5.41) is 7.29. The van der Waals surface area contributed by atoms with Gasteiger partial charge >= 0.3 is 12.6 Å². The van der Waals surface area contributed by atoms with Crippen molar-refractivity contribution in [2.45, 2.75) is 19.1 Å². The Balaban J connectivity index is 1.76. The van der Waals surface area contributed by atoms with Gasteiger partial charge in [-0.2, -0.15) is 13.9 Å². The first-order valence-electron chi connectivity index (χ1n) is 8.23. The van der Waals surface area contributed by atoms with Crippen molar-refractivity contribution in [2.75, 3.05) is 7.11 Å². The highest BCUT2D eigenvalue weighted by Crippen LogP contribution is 2.30. The van der Waals surface area contributed by atoms with Crippen LogP contribution in [0.4, 0.5) is 13.6 Å². The number of benzene rings is 2. The second kappa shape index (κ2) is 7.63. The number of nitrogens with zero attached hydrogens (tertiary/aromatic N) is 2. The Morgan fingerprint density at radius 3 is 2.25 bits per heavy atom. The molecule has 0 aromatic heterocycles. The van der Waals surface area contributed by atoms with Crippen LogP contribution in [0.3, 0.4) is 0 Å². The number of urea groups is 1. The number of hydrazone groups is 1. The molecule has 1 aliphatic rings. The number of alkyl halides is 2. The smallest absolute Gasteiger partial charge is 0.387 e. The summed E-state index contributed by atoms with van der Waals surface area (Å²) >= 11 is 0. The molecule has 1 N–H and O–H groups in total. The van der Waals surface area contributed by atoms with Crippen LogP contribution in [-0.2, 0) is 10.3 Å². The summed E-state index contributed by atoms with van der Waals surface area (Å²) in [6.07, 6.45) is 1.28. The summed E-state index contributed by atoms with van der Waals surface area (Å²) in [4.78, 5) is 25.0. The van der Waals surface area contributed by atoms with E-state index in [9.17, 15) is 18.4 Å². The van der Waals surface area contributed by atoms with E-state index >= 15 is 0 Å². The normalized spacial score (nSPS) is 19.4. The second-order valence-electron chi connectivity index (χ2n) is 6.09. The molecular weight excluding hydrogens is 372 g/mol. The fourth-order valence-corrected chi connectivity index (χ4v) is 2.71. The van der Waals surface area contributed by atoms with Crippen LogP contribution in [0.25, 0.3) is 0 Å². The fourth-order valence-electron chi connectivity index (χ4n) is 2.71. The van der Waals surface area contributed by atoms with Crippen LogP contribution in [0.1, 0.15) is 18.1 Å². The molecule has 3 amide bonds. The number of hydrogen-bond acceptors (Lipinski definition) is 5. The van der Waals surface area contributed by atoms with Crippen LogP contribution in [0.15, 0.2) is 53.6 Å². The maximum atomic E-state index is 12.8.